The van der Waals surface area contributed by atoms with Crippen molar-refractivity contribution in [2.24, 2.45) is 0 Å². The molecule has 0 unspecified atom stereocenters. The third kappa shape index (κ3) is 4.13. The zero-order valence-corrected chi connectivity index (χ0v) is 6.74. The molecule has 0 saturated carbocycles. The zero-order chi connectivity index (χ0) is 6.41. The Kier molecular flexibility index (Phi) is 5.08. The molecule has 0 aliphatic heterocycles. The standard InChI is InChI=1S/C7H11Br/c1-3-7(2)5-4-6-8/h3,5H,1,4,6H2,2H3/b7-5+. The van der Waals surface area contributed by atoms with E-state index in [0.717, 1.165) is 11.8 Å². The average molecular weight is 175 g/mol. The Morgan fingerprint density at radius 1 is 1.75 bits per heavy atom. The van der Waals surface area contributed by atoms with Crippen molar-refractivity contribution in [2.75, 3.05) is 5.33 Å². The lowest BCUT2D eigenvalue weighted by Gasteiger charge is -1.86. The second-order valence-electron chi connectivity index (χ2n) is 1.63. The van der Waals surface area contributed by atoms with E-state index in [9.17, 15) is 0 Å². The molecule has 0 N–H and O–H groups in total. The Morgan fingerprint density at radius 3 is 2.75 bits per heavy atom. The van der Waals surface area contributed by atoms with Crippen LogP contribution in [0.2, 0.25) is 0 Å². The molecule has 0 aromatic carbocycles. The summed E-state index contributed by atoms with van der Waals surface area (Å²) in [6, 6.07) is 0. The highest BCUT2D eigenvalue weighted by Gasteiger charge is 1.77. The van der Waals surface area contributed by atoms with Crippen LogP contribution in [0.4, 0.5) is 0 Å². The Labute approximate surface area is 59.4 Å². The van der Waals surface area contributed by atoms with Crippen molar-refractivity contribution in [3.8, 4) is 0 Å². The molecule has 0 aromatic heterocycles. The summed E-state index contributed by atoms with van der Waals surface area (Å²) in [4.78, 5) is 0. The molecule has 0 nitrogen and oxygen atoms in total. The first-order chi connectivity index (χ1) is 3.81. The van der Waals surface area contributed by atoms with E-state index >= 15 is 0 Å². The molecular formula is C7H11Br. The van der Waals surface area contributed by atoms with Gasteiger partial charge in [0.15, 0.2) is 0 Å². The lowest BCUT2D eigenvalue weighted by molar-refractivity contribution is 1.23. The van der Waals surface area contributed by atoms with Crippen LogP contribution in [0.5, 0.6) is 0 Å². The van der Waals surface area contributed by atoms with Gasteiger partial charge in [-0.15, -0.1) is 0 Å². The van der Waals surface area contributed by atoms with Gasteiger partial charge in [-0.05, 0) is 13.3 Å². The van der Waals surface area contributed by atoms with Crippen molar-refractivity contribution in [2.45, 2.75) is 13.3 Å². The van der Waals surface area contributed by atoms with E-state index in [1.54, 1.807) is 0 Å². The molecule has 0 aliphatic carbocycles. The van der Waals surface area contributed by atoms with Crippen LogP contribution in [0.25, 0.3) is 0 Å². The number of hydrogen-bond acceptors (Lipinski definition) is 0. The molecule has 0 spiro atoms. The van der Waals surface area contributed by atoms with E-state index < -0.39 is 0 Å². The SMILES string of the molecule is C=C/C(C)=C/CCBr. The molecule has 0 bridgehead atoms. The van der Waals surface area contributed by atoms with Crippen molar-refractivity contribution in [3.05, 3.63) is 24.3 Å². The Balaban J connectivity index is 3.40. The summed E-state index contributed by atoms with van der Waals surface area (Å²) >= 11 is 3.33. The molecule has 0 fully saturated rings. The molecule has 0 heterocycles. The normalized spacial score (nSPS) is 11.5. The molecule has 0 atom stereocenters. The first-order valence-electron chi connectivity index (χ1n) is 2.66. The Hall–Kier alpha value is -0.0400. The summed E-state index contributed by atoms with van der Waals surface area (Å²) in [5, 5.41) is 1.04. The van der Waals surface area contributed by atoms with E-state index in [0.29, 0.717) is 0 Å². The molecule has 0 amide bonds. The molecule has 0 rings (SSSR count). The minimum Gasteiger partial charge on any atom is -0.0988 e. The third-order valence-corrected chi connectivity index (χ3v) is 1.36. The fourth-order valence-corrected chi connectivity index (χ4v) is 0.594. The van der Waals surface area contributed by atoms with Crippen LogP contribution in [0.3, 0.4) is 0 Å². The van der Waals surface area contributed by atoms with Gasteiger partial charge < -0.3 is 0 Å². The monoisotopic (exact) mass is 174 g/mol. The maximum Gasteiger partial charge on any atom is 0.00661 e. The van der Waals surface area contributed by atoms with E-state index in [2.05, 4.69) is 35.5 Å². The van der Waals surface area contributed by atoms with E-state index in [4.69, 9.17) is 0 Å². The van der Waals surface area contributed by atoms with Gasteiger partial charge >= 0.3 is 0 Å². The topological polar surface area (TPSA) is 0 Å². The highest BCUT2D eigenvalue weighted by atomic mass is 79.9. The van der Waals surface area contributed by atoms with Crippen molar-refractivity contribution in [1.29, 1.82) is 0 Å². The molecule has 0 aromatic rings. The van der Waals surface area contributed by atoms with E-state index in [1.807, 2.05) is 6.08 Å². The molecule has 46 valence electrons. The van der Waals surface area contributed by atoms with Crippen molar-refractivity contribution in [1.82, 2.24) is 0 Å². The number of halogens is 1. The van der Waals surface area contributed by atoms with Gasteiger partial charge in [0, 0.05) is 5.33 Å². The summed E-state index contributed by atoms with van der Waals surface area (Å²) < 4.78 is 0. The van der Waals surface area contributed by atoms with Gasteiger partial charge in [0.2, 0.25) is 0 Å². The number of allylic oxidation sites excluding steroid dienone is 3. The van der Waals surface area contributed by atoms with E-state index in [-0.39, 0.29) is 0 Å². The number of alkyl halides is 1. The molecule has 8 heavy (non-hydrogen) atoms. The van der Waals surface area contributed by atoms with Crippen molar-refractivity contribution in [3.63, 3.8) is 0 Å². The minimum absolute atomic E-state index is 1.04. The fourth-order valence-electron chi connectivity index (χ4n) is 0.366. The van der Waals surface area contributed by atoms with Crippen LogP contribution in [0.1, 0.15) is 13.3 Å². The van der Waals surface area contributed by atoms with Gasteiger partial charge in [-0.1, -0.05) is 40.2 Å². The first kappa shape index (κ1) is 7.96. The maximum absolute atomic E-state index is 3.63. The number of hydrogen-bond donors (Lipinski definition) is 0. The lowest BCUT2D eigenvalue weighted by Crippen LogP contribution is -1.69. The largest absolute Gasteiger partial charge is 0.0988 e. The van der Waals surface area contributed by atoms with Crippen molar-refractivity contribution >= 4 is 15.9 Å². The Morgan fingerprint density at radius 2 is 2.38 bits per heavy atom. The van der Waals surface area contributed by atoms with Crippen LogP contribution < -0.4 is 0 Å². The third-order valence-electron chi connectivity index (χ3n) is 0.897. The minimum atomic E-state index is 1.04. The van der Waals surface area contributed by atoms with Gasteiger partial charge in [0.1, 0.15) is 0 Å². The lowest BCUT2D eigenvalue weighted by atomic mass is 10.2. The predicted molar refractivity (Wildman–Crippen MR) is 42.4 cm³/mol. The van der Waals surface area contributed by atoms with Gasteiger partial charge in [-0.3, -0.25) is 0 Å². The van der Waals surface area contributed by atoms with E-state index in [1.165, 1.54) is 5.57 Å². The highest BCUT2D eigenvalue weighted by Crippen LogP contribution is 1.96. The quantitative estimate of drug-likeness (QED) is 0.457. The van der Waals surface area contributed by atoms with Crippen molar-refractivity contribution < 1.29 is 0 Å². The van der Waals surface area contributed by atoms with Crippen LogP contribution in [-0.2, 0) is 0 Å². The smallest absolute Gasteiger partial charge is 0.00661 e. The van der Waals surface area contributed by atoms with Crippen LogP contribution in [0.15, 0.2) is 24.3 Å². The zero-order valence-electron chi connectivity index (χ0n) is 5.15. The summed E-state index contributed by atoms with van der Waals surface area (Å²) in [5.41, 5.74) is 1.25. The molecule has 1 heteroatoms. The van der Waals surface area contributed by atoms with Crippen LogP contribution >= 0.6 is 15.9 Å². The molecular weight excluding hydrogens is 164 g/mol. The van der Waals surface area contributed by atoms with Gasteiger partial charge in [-0.25, -0.2) is 0 Å². The van der Waals surface area contributed by atoms with Gasteiger partial charge in [0.05, 0.1) is 0 Å². The van der Waals surface area contributed by atoms with Gasteiger partial charge in [-0.2, -0.15) is 0 Å². The summed E-state index contributed by atoms with van der Waals surface area (Å²) in [6.45, 7) is 5.68. The molecule has 0 aliphatic rings. The Bertz CT molecular complexity index is 92.6. The van der Waals surface area contributed by atoms with Crippen LogP contribution in [-0.4, -0.2) is 5.33 Å². The second-order valence-corrected chi connectivity index (χ2v) is 2.42. The average Bonchev–Trinajstić information content (AvgIpc) is 1.83. The predicted octanol–water partition coefficient (Wildman–Crippen LogP) is 2.90. The maximum atomic E-state index is 3.63. The number of rotatable bonds is 3. The van der Waals surface area contributed by atoms with Crippen LogP contribution in [0, 0.1) is 0 Å². The summed E-state index contributed by atoms with van der Waals surface area (Å²) in [7, 11) is 0. The summed E-state index contributed by atoms with van der Waals surface area (Å²) in [5.74, 6) is 0. The molecule has 0 saturated heterocycles. The fraction of sp³-hybridized carbons (Fsp3) is 0.429. The summed E-state index contributed by atoms with van der Waals surface area (Å²) in [6.07, 6.45) is 5.11. The van der Waals surface area contributed by atoms with Gasteiger partial charge in [0.25, 0.3) is 0 Å². The second kappa shape index (κ2) is 5.10. The molecule has 0 radical (unpaired) electrons. The first-order valence-corrected chi connectivity index (χ1v) is 3.78. The highest BCUT2D eigenvalue weighted by molar-refractivity contribution is 9.09.